The Hall–Kier alpha value is -1.06. The molecule has 0 saturated heterocycles. The van der Waals surface area contributed by atoms with Crippen molar-refractivity contribution in [2.45, 2.75) is 25.3 Å². The van der Waals surface area contributed by atoms with Crippen LogP contribution in [-0.4, -0.2) is 18.8 Å². The van der Waals surface area contributed by atoms with Gasteiger partial charge < -0.3 is 15.6 Å². The zero-order valence-corrected chi connectivity index (χ0v) is 9.65. The number of benzene rings is 1. The first kappa shape index (κ1) is 11.4. The topological polar surface area (TPSA) is 55.5 Å². The quantitative estimate of drug-likeness (QED) is 0.816. The van der Waals surface area contributed by atoms with Crippen molar-refractivity contribution in [1.29, 1.82) is 0 Å². The summed E-state index contributed by atoms with van der Waals surface area (Å²) in [5.41, 5.74) is 7.15. The molecule has 88 valence electrons. The summed E-state index contributed by atoms with van der Waals surface area (Å²) < 4.78 is 5.31. The Morgan fingerprint density at radius 2 is 2.12 bits per heavy atom. The van der Waals surface area contributed by atoms with Gasteiger partial charge in [-0.3, -0.25) is 0 Å². The van der Waals surface area contributed by atoms with Crippen LogP contribution in [0.25, 0.3) is 0 Å². The highest BCUT2D eigenvalue weighted by Crippen LogP contribution is 2.50. The molecule has 0 bridgehead atoms. The van der Waals surface area contributed by atoms with E-state index in [9.17, 15) is 5.11 Å². The van der Waals surface area contributed by atoms with Crippen molar-refractivity contribution < 1.29 is 9.84 Å². The summed E-state index contributed by atoms with van der Waals surface area (Å²) in [7, 11) is 1.65. The number of nitrogens with two attached hydrogens (primary N) is 1. The van der Waals surface area contributed by atoms with E-state index >= 15 is 0 Å². The Balaban J connectivity index is 2.29. The molecule has 1 aromatic carbocycles. The van der Waals surface area contributed by atoms with Crippen LogP contribution in [0, 0.1) is 5.41 Å². The zero-order valence-electron chi connectivity index (χ0n) is 9.65. The lowest BCUT2D eigenvalue weighted by molar-refractivity contribution is 0.0177. The highest BCUT2D eigenvalue weighted by molar-refractivity contribution is 5.37. The van der Waals surface area contributed by atoms with Crippen LogP contribution >= 0.6 is 0 Å². The van der Waals surface area contributed by atoms with Crippen molar-refractivity contribution in [3.05, 3.63) is 29.8 Å². The number of hydrogen-bond donors (Lipinski definition) is 2. The number of hydrogen-bond acceptors (Lipinski definition) is 3. The van der Waals surface area contributed by atoms with Gasteiger partial charge in [-0.05, 0) is 18.9 Å². The van der Waals surface area contributed by atoms with E-state index in [2.05, 4.69) is 0 Å². The lowest BCUT2D eigenvalue weighted by Gasteiger charge is -2.45. The summed E-state index contributed by atoms with van der Waals surface area (Å²) >= 11 is 0. The molecule has 0 spiro atoms. The van der Waals surface area contributed by atoms with E-state index in [0.29, 0.717) is 0 Å². The van der Waals surface area contributed by atoms with E-state index in [1.165, 1.54) is 0 Å². The van der Waals surface area contributed by atoms with Crippen molar-refractivity contribution in [2.24, 2.45) is 11.1 Å². The molecule has 16 heavy (non-hydrogen) atoms. The van der Waals surface area contributed by atoms with Crippen molar-refractivity contribution >= 4 is 0 Å². The Morgan fingerprint density at radius 3 is 2.62 bits per heavy atom. The summed E-state index contributed by atoms with van der Waals surface area (Å²) in [6, 6.07) is 7.66. The molecule has 1 unspecified atom stereocenters. The van der Waals surface area contributed by atoms with Gasteiger partial charge in [0.25, 0.3) is 0 Å². The van der Waals surface area contributed by atoms with Crippen LogP contribution in [0.5, 0.6) is 5.75 Å². The molecule has 1 saturated carbocycles. The van der Waals surface area contributed by atoms with Gasteiger partial charge in [-0.25, -0.2) is 0 Å². The molecule has 1 fully saturated rings. The van der Waals surface area contributed by atoms with E-state index in [1.807, 2.05) is 24.3 Å². The predicted octanol–water partition coefficient (Wildman–Crippen LogP) is 1.86. The van der Waals surface area contributed by atoms with Gasteiger partial charge in [-0.1, -0.05) is 24.6 Å². The molecule has 1 atom stereocenters. The molecule has 0 radical (unpaired) electrons. The third-order valence-corrected chi connectivity index (χ3v) is 3.80. The number of aliphatic hydroxyl groups is 1. The second-order valence-electron chi connectivity index (χ2n) is 4.59. The van der Waals surface area contributed by atoms with Gasteiger partial charge in [0, 0.05) is 17.0 Å². The van der Waals surface area contributed by atoms with Crippen LogP contribution in [0.4, 0.5) is 0 Å². The van der Waals surface area contributed by atoms with Crippen LogP contribution in [0.15, 0.2) is 24.3 Å². The summed E-state index contributed by atoms with van der Waals surface area (Å²) in [6.07, 6.45) is 3.16. The maximum absolute atomic E-state index is 9.51. The summed E-state index contributed by atoms with van der Waals surface area (Å²) in [6.45, 7) is 0.159. The Morgan fingerprint density at radius 1 is 1.44 bits per heavy atom. The average molecular weight is 221 g/mol. The first-order valence-electron chi connectivity index (χ1n) is 5.73. The first-order chi connectivity index (χ1) is 7.73. The van der Waals surface area contributed by atoms with Gasteiger partial charge >= 0.3 is 0 Å². The van der Waals surface area contributed by atoms with Crippen LogP contribution in [0.2, 0.25) is 0 Å². The molecule has 1 aliphatic carbocycles. The maximum atomic E-state index is 9.51. The summed E-state index contributed by atoms with van der Waals surface area (Å²) in [5, 5.41) is 9.51. The van der Waals surface area contributed by atoms with Crippen molar-refractivity contribution in [2.75, 3.05) is 13.7 Å². The van der Waals surface area contributed by atoms with E-state index in [4.69, 9.17) is 10.5 Å². The molecular formula is C13H19NO2. The summed E-state index contributed by atoms with van der Waals surface area (Å²) in [5.74, 6) is 0.815. The second-order valence-corrected chi connectivity index (χ2v) is 4.59. The minimum absolute atomic E-state index is 0.130. The molecule has 0 heterocycles. The van der Waals surface area contributed by atoms with Gasteiger partial charge in [0.2, 0.25) is 0 Å². The van der Waals surface area contributed by atoms with Crippen molar-refractivity contribution in [1.82, 2.24) is 0 Å². The first-order valence-corrected chi connectivity index (χ1v) is 5.73. The molecule has 0 aromatic heterocycles. The number of methoxy groups -OCH3 is 1. The molecule has 3 heteroatoms. The number of aliphatic hydroxyl groups excluding tert-OH is 1. The molecule has 0 amide bonds. The number of para-hydroxylation sites is 1. The molecule has 2 rings (SSSR count). The molecule has 3 nitrogen and oxygen atoms in total. The monoisotopic (exact) mass is 221 g/mol. The minimum atomic E-state index is -0.137. The molecule has 1 aromatic rings. The fraction of sp³-hybridized carbons (Fsp3) is 0.538. The summed E-state index contributed by atoms with van der Waals surface area (Å²) in [4.78, 5) is 0. The molecular weight excluding hydrogens is 202 g/mol. The van der Waals surface area contributed by atoms with E-state index < -0.39 is 0 Å². The molecule has 3 N–H and O–H groups in total. The predicted molar refractivity (Wildman–Crippen MR) is 63.3 cm³/mol. The third-order valence-electron chi connectivity index (χ3n) is 3.80. The van der Waals surface area contributed by atoms with Crippen LogP contribution in [0.3, 0.4) is 0 Å². The van der Waals surface area contributed by atoms with Crippen molar-refractivity contribution in [3.63, 3.8) is 0 Å². The zero-order chi connectivity index (χ0) is 11.6. The van der Waals surface area contributed by atoms with Crippen LogP contribution < -0.4 is 10.5 Å². The fourth-order valence-corrected chi connectivity index (χ4v) is 2.45. The third kappa shape index (κ3) is 1.70. The molecule has 1 aliphatic rings. The number of rotatable bonds is 4. The second kappa shape index (κ2) is 4.44. The van der Waals surface area contributed by atoms with Crippen LogP contribution in [0.1, 0.15) is 30.9 Å². The Labute approximate surface area is 96.2 Å². The Bertz CT molecular complexity index is 355. The van der Waals surface area contributed by atoms with Gasteiger partial charge in [0.15, 0.2) is 0 Å². The maximum Gasteiger partial charge on any atom is 0.123 e. The van der Waals surface area contributed by atoms with Crippen LogP contribution in [-0.2, 0) is 0 Å². The number of ether oxygens (including phenoxy) is 1. The standard InChI is InChI=1S/C13H19NO2/c1-16-11-6-3-2-5-10(11)12(14)13(9-15)7-4-8-13/h2-3,5-6,12,15H,4,7-9,14H2,1H3. The van der Waals surface area contributed by atoms with E-state index in [-0.39, 0.29) is 18.1 Å². The SMILES string of the molecule is COc1ccccc1C(N)C1(CO)CCC1. The van der Waals surface area contributed by atoms with Gasteiger partial charge in [-0.2, -0.15) is 0 Å². The van der Waals surface area contributed by atoms with E-state index in [0.717, 1.165) is 30.6 Å². The lowest BCUT2D eigenvalue weighted by atomic mass is 9.63. The van der Waals surface area contributed by atoms with Crippen molar-refractivity contribution in [3.8, 4) is 5.75 Å². The Kier molecular flexibility index (Phi) is 3.17. The fourth-order valence-electron chi connectivity index (χ4n) is 2.45. The van der Waals surface area contributed by atoms with Gasteiger partial charge in [-0.15, -0.1) is 0 Å². The minimum Gasteiger partial charge on any atom is -0.496 e. The normalized spacial score (nSPS) is 19.9. The van der Waals surface area contributed by atoms with Gasteiger partial charge in [0.05, 0.1) is 13.7 Å². The van der Waals surface area contributed by atoms with Gasteiger partial charge in [0.1, 0.15) is 5.75 Å². The average Bonchev–Trinajstić information content (AvgIpc) is 2.28. The molecule has 0 aliphatic heterocycles. The van der Waals surface area contributed by atoms with E-state index in [1.54, 1.807) is 7.11 Å². The highest BCUT2D eigenvalue weighted by atomic mass is 16.5. The largest absolute Gasteiger partial charge is 0.496 e. The smallest absolute Gasteiger partial charge is 0.123 e. The highest BCUT2D eigenvalue weighted by Gasteiger charge is 2.43. The lowest BCUT2D eigenvalue weighted by Crippen LogP contribution is -2.43.